The van der Waals surface area contributed by atoms with Gasteiger partial charge < -0.3 is 10.6 Å². The Hall–Kier alpha value is -3.01. The molecule has 1 aliphatic heterocycles. The van der Waals surface area contributed by atoms with Crippen LogP contribution in [0.3, 0.4) is 0 Å². The monoisotopic (exact) mass is 442 g/mol. The summed E-state index contributed by atoms with van der Waals surface area (Å²) < 4.78 is 2.80. The van der Waals surface area contributed by atoms with E-state index < -0.39 is 11.6 Å². The predicted molar refractivity (Wildman–Crippen MR) is 119 cm³/mol. The summed E-state index contributed by atoms with van der Waals surface area (Å²) in [5, 5.41) is 1.88. The number of aromatic nitrogens is 4. The van der Waals surface area contributed by atoms with E-state index in [9.17, 15) is 14.4 Å². The maximum Gasteiger partial charge on any atom is 0.331 e. The number of nitrogens with zero attached hydrogens (tertiary/aromatic N) is 5. The summed E-state index contributed by atoms with van der Waals surface area (Å²) in [6, 6.07) is 3.59. The highest BCUT2D eigenvalue weighted by Gasteiger charge is 2.29. The molecule has 9 nitrogen and oxygen atoms in total. The molecule has 164 valence electrons. The molecule has 2 N–H and O–H groups in total. The minimum atomic E-state index is -0.765. The molecule has 1 aliphatic rings. The number of fused-ring (bicyclic) bond motifs is 1. The van der Waals surface area contributed by atoms with Gasteiger partial charge in [0.05, 0.1) is 4.88 Å². The fraction of sp³-hybridized carbons (Fsp3) is 0.476. The van der Waals surface area contributed by atoms with Gasteiger partial charge in [-0.1, -0.05) is 6.07 Å². The Morgan fingerprint density at radius 3 is 2.68 bits per heavy atom. The highest BCUT2D eigenvalue weighted by molar-refractivity contribution is 7.13. The van der Waals surface area contributed by atoms with Crippen LogP contribution < -0.4 is 11.4 Å². The van der Waals surface area contributed by atoms with Gasteiger partial charge >= 0.3 is 5.69 Å². The van der Waals surface area contributed by atoms with Crippen molar-refractivity contribution in [3.63, 3.8) is 0 Å². The Morgan fingerprint density at radius 2 is 2.06 bits per heavy atom. The number of piperidine rings is 1. The molecule has 0 aromatic carbocycles. The van der Waals surface area contributed by atoms with Crippen molar-refractivity contribution in [2.75, 3.05) is 6.54 Å². The zero-order chi connectivity index (χ0) is 22.3. The van der Waals surface area contributed by atoms with E-state index in [1.54, 1.807) is 4.90 Å². The Labute approximate surface area is 183 Å². The standard InChI is InChI=1S/C21H26N6O3S/c1-12(2)27-20-17(16(18(22)29)23-19(24-20)14-8-6-10-31-14)26(21(27)30)11-15(28)25-9-5-4-7-13(25)3/h6,8,10,12-13H,4-5,7,9,11H2,1-3H3,(H2,22,29)/t13-/m0/s1. The number of carbonyl (C=O) groups excluding carboxylic acids is 2. The minimum absolute atomic E-state index is 0.0515. The normalized spacial score (nSPS) is 16.9. The number of carbonyl (C=O) groups is 2. The number of primary amides is 1. The van der Waals surface area contributed by atoms with Crippen LogP contribution in [0, 0.1) is 0 Å². The van der Waals surface area contributed by atoms with Gasteiger partial charge in [0.2, 0.25) is 5.91 Å². The first-order valence-corrected chi connectivity index (χ1v) is 11.3. The molecule has 3 aromatic rings. The van der Waals surface area contributed by atoms with E-state index in [2.05, 4.69) is 9.97 Å². The van der Waals surface area contributed by atoms with Crippen molar-refractivity contribution < 1.29 is 9.59 Å². The van der Waals surface area contributed by atoms with E-state index in [0.717, 1.165) is 24.1 Å². The second-order valence-electron chi connectivity index (χ2n) is 8.17. The van der Waals surface area contributed by atoms with Gasteiger partial charge in [-0.05, 0) is 51.5 Å². The van der Waals surface area contributed by atoms with Gasteiger partial charge in [0.25, 0.3) is 5.91 Å². The topological polar surface area (TPSA) is 116 Å². The molecule has 2 amide bonds. The predicted octanol–water partition coefficient (Wildman–Crippen LogP) is 2.40. The van der Waals surface area contributed by atoms with Crippen molar-refractivity contribution in [2.24, 2.45) is 5.73 Å². The number of amides is 2. The number of imidazole rings is 1. The molecule has 31 heavy (non-hydrogen) atoms. The van der Waals surface area contributed by atoms with Crippen LogP contribution in [0.4, 0.5) is 0 Å². The third-order valence-electron chi connectivity index (χ3n) is 5.71. The van der Waals surface area contributed by atoms with Crippen molar-refractivity contribution in [3.05, 3.63) is 33.7 Å². The van der Waals surface area contributed by atoms with Crippen LogP contribution in [0.1, 0.15) is 56.6 Å². The van der Waals surface area contributed by atoms with E-state index in [1.807, 2.05) is 38.3 Å². The molecule has 0 aliphatic carbocycles. The molecular formula is C21H26N6O3S. The highest BCUT2D eigenvalue weighted by Crippen LogP contribution is 2.26. The van der Waals surface area contributed by atoms with Crippen molar-refractivity contribution in [1.29, 1.82) is 0 Å². The van der Waals surface area contributed by atoms with Gasteiger partial charge in [-0.15, -0.1) is 11.3 Å². The minimum Gasteiger partial charge on any atom is -0.364 e. The van der Waals surface area contributed by atoms with E-state index in [-0.39, 0.29) is 35.7 Å². The molecule has 1 saturated heterocycles. The van der Waals surface area contributed by atoms with Crippen molar-refractivity contribution >= 4 is 34.3 Å². The fourth-order valence-corrected chi connectivity index (χ4v) is 4.83. The largest absolute Gasteiger partial charge is 0.364 e. The van der Waals surface area contributed by atoms with Gasteiger partial charge in [-0.3, -0.25) is 18.7 Å². The third-order valence-corrected chi connectivity index (χ3v) is 6.57. The van der Waals surface area contributed by atoms with Crippen LogP contribution in [0.2, 0.25) is 0 Å². The molecule has 0 unspecified atom stereocenters. The Kier molecular flexibility index (Phi) is 5.65. The molecule has 3 aromatic heterocycles. The lowest BCUT2D eigenvalue weighted by atomic mass is 10.0. The number of hydrogen-bond acceptors (Lipinski definition) is 6. The summed E-state index contributed by atoms with van der Waals surface area (Å²) in [6.07, 6.45) is 2.97. The lowest BCUT2D eigenvalue weighted by Crippen LogP contribution is -2.44. The lowest BCUT2D eigenvalue weighted by Gasteiger charge is -2.33. The Balaban J connectivity index is 1.91. The lowest BCUT2D eigenvalue weighted by molar-refractivity contribution is -0.135. The summed E-state index contributed by atoms with van der Waals surface area (Å²) in [5.41, 5.74) is 5.73. The average molecular weight is 443 g/mol. The second-order valence-corrected chi connectivity index (χ2v) is 9.12. The molecule has 1 atom stereocenters. The molecule has 0 bridgehead atoms. The van der Waals surface area contributed by atoms with Gasteiger partial charge in [0.15, 0.2) is 17.2 Å². The number of likely N-dealkylation sites (tertiary alicyclic amines) is 1. The van der Waals surface area contributed by atoms with Gasteiger partial charge in [-0.2, -0.15) is 0 Å². The molecule has 10 heteroatoms. The molecular weight excluding hydrogens is 416 g/mol. The number of thiophene rings is 1. The van der Waals surface area contributed by atoms with Crippen LogP contribution >= 0.6 is 11.3 Å². The van der Waals surface area contributed by atoms with Crippen molar-refractivity contribution in [2.45, 2.75) is 58.7 Å². The van der Waals surface area contributed by atoms with Crippen LogP contribution in [-0.4, -0.2) is 48.4 Å². The first-order chi connectivity index (χ1) is 14.8. The summed E-state index contributed by atoms with van der Waals surface area (Å²) in [7, 11) is 0. The van der Waals surface area contributed by atoms with Crippen LogP contribution in [-0.2, 0) is 11.3 Å². The van der Waals surface area contributed by atoms with E-state index >= 15 is 0 Å². The Bertz CT molecular complexity index is 1190. The van der Waals surface area contributed by atoms with Crippen LogP contribution in [0.5, 0.6) is 0 Å². The smallest absolute Gasteiger partial charge is 0.331 e. The second kappa shape index (κ2) is 8.26. The number of rotatable bonds is 5. The highest BCUT2D eigenvalue weighted by atomic mass is 32.1. The van der Waals surface area contributed by atoms with Crippen molar-refractivity contribution in [1.82, 2.24) is 24.0 Å². The van der Waals surface area contributed by atoms with E-state index in [4.69, 9.17) is 5.73 Å². The first kappa shape index (κ1) is 21.2. The molecule has 4 heterocycles. The summed E-state index contributed by atoms with van der Waals surface area (Å²) in [6.45, 7) is 6.22. The molecule has 0 spiro atoms. The van der Waals surface area contributed by atoms with Gasteiger partial charge in [0.1, 0.15) is 12.1 Å². The fourth-order valence-electron chi connectivity index (χ4n) is 4.17. The SMILES string of the molecule is CC(C)n1c(=O)n(CC(=O)N2CCCC[C@@H]2C)c2c(C(N)=O)nc(-c3cccs3)nc21. The summed E-state index contributed by atoms with van der Waals surface area (Å²) >= 11 is 1.43. The quantitative estimate of drug-likeness (QED) is 0.651. The van der Waals surface area contributed by atoms with Gasteiger partial charge in [0, 0.05) is 18.6 Å². The molecule has 1 fully saturated rings. The van der Waals surface area contributed by atoms with Gasteiger partial charge in [-0.25, -0.2) is 14.8 Å². The number of hydrogen-bond donors (Lipinski definition) is 1. The molecule has 0 saturated carbocycles. The van der Waals surface area contributed by atoms with Crippen LogP contribution in [0.25, 0.3) is 21.9 Å². The Morgan fingerprint density at radius 1 is 1.29 bits per heavy atom. The summed E-state index contributed by atoms with van der Waals surface area (Å²) in [4.78, 5) is 50.3. The first-order valence-electron chi connectivity index (χ1n) is 10.5. The van der Waals surface area contributed by atoms with Crippen LogP contribution in [0.15, 0.2) is 22.3 Å². The third kappa shape index (κ3) is 3.76. The maximum absolute atomic E-state index is 13.3. The molecule has 0 radical (unpaired) electrons. The number of nitrogens with two attached hydrogens (primary N) is 1. The summed E-state index contributed by atoms with van der Waals surface area (Å²) in [5.74, 6) is -0.590. The average Bonchev–Trinajstić information content (AvgIpc) is 3.34. The zero-order valence-corrected chi connectivity index (χ0v) is 18.7. The van der Waals surface area contributed by atoms with E-state index in [0.29, 0.717) is 18.0 Å². The molecule has 4 rings (SSSR count). The van der Waals surface area contributed by atoms with Crippen molar-refractivity contribution in [3.8, 4) is 10.7 Å². The van der Waals surface area contributed by atoms with E-state index in [1.165, 1.54) is 20.5 Å². The maximum atomic E-state index is 13.3. The zero-order valence-electron chi connectivity index (χ0n) is 17.9.